The SMILES string of the molecule is O=C1Nc2ccccc2NC(c2ccc(OC(F)(F)F)cc2)=C1NC(=O)c1ccc2ccccc2c1. The van der Waals surface area contributed by atoms with Gasteiger partial charge in [0.25, 0.3) is 11.8 Å². The fourth-order valence-corrected chi connectivity index (χ4v) is 3.87. The Hall–Kier alpha value is -4.79. The van der Waals surface area contributed by atoms with E-state index in [2.05, 4.69) is 20.7 Å². The minimum atomic E-state index is -4.83. The molecule has 180 valence electrons. The number of hydrogen-bond donors (Lipinski definition) is 3. The Morgan fingerprint density at radius 3 is 2.11 bits per heavy atom. The molecule has 3 N–H and O–H groups in total. The van der Waals surface area contributed by atoms with Crippen molar-refractivity contribution in [2.24, 2.45) is 0 Å². The van der Waals surface area contributed by atoms with Gasteiger partial charge in [-0.25, -0.2) is 0 Å². The summed E-state index contributed by atoms with van der Waals surface area (Å²) >= 11 is 0. The van der Waals surface area contributed by atoms with Crippen LogP contribution in [-0.2, 0) is 4.79 Å². The van der Waals surface area contributed by atoms with Crippen LogP contribution in [0.5, 0.6) is 5.75 Å². The molecule has 0 aromatic heterocycles. The van der Waals surface area contributed by atoms with Gasteiger partial charge in [0.05, 0.1) is 17.1 Å². The van der Waals surface area contributed by atoms with Crippen LogP contribution in [0.2, 0.25) is 0 Å². The molecular formula is C27H18F3N3O3. The smallest absolute Gasteiger partial charge is 0.406 e. The number of fused-ring (bicyclic) bond motifs is 2. The molecule has 0 unspecified atom stereocenters. The Labute approximate surface area is 203 Å². The number of benzene rings is 4. The lowest BCUT2D eigenvalue weighted by Gasteiger charge is -2.16. The first kappa shape index (κ1) is 23.0. The van der Waals surface area contributed by atoms with Gasteiger partial charge >= 0.3 is 6.36 Å². The summed E-state index contributed by atoms with van der Waals surface area (Å²) in [5.74, 6) is -1.52. The van der Waals surface area contributed by atoms with Crippen LogP contribution in [0.25, 0.3) is 16.5 Å². The number of para-hydroxylation sites is 2. The summed E-state index contributed by atoms with van der Waals surface area (Å²) in [4.78, 5) is 26.4. The van der Waals surface area contributed by atoms with Gasteiger partial charge in [-0.05, 0) is 59.3 Å². The number of amides is 2. The highest BCUT2D eigenvalue weighted by Crippen LogP contribution is 2.32. The quantitative estimate of drug-likeness (QED) is 0.334. The minimum absolute atomic E-state index is 0.0890. The standard InChI is InChI=1S/C27H18F3N3O3/c28-27(29,30)36-20-13-11-17(12-14-20)23-24(26(35)32-22-8-4-3-7-21(22)31-23)33-25(34)19-10-9-16-5-1-2-6-18(16)15-19/h1-15,31H,(H,32,35)(H,33,34). The Morgan fingerprint density at radius 2 is 1.42 bits per heavy atom. The number of hydrogen-bond acceptors (Lipinski definition) is 4. The van der Waals surface area contributed by atoms with E-state index in [0.29, 0.717) is 22.5 Å². The fourth-order valence-electron chi connectivity index (χ4n) is 3.87. The molecule has 1 aliphatic heterocycles. The van der Waals surface area contributed by atoms with Gasteiger partial charge in [0.1, 0.15) is 11.4 Å². The Bertz CT molecular complexity index is 1510. The number of alkyl halides is 3. The van der Waals surface area contributed by atoms with Gasteiger partial charge < -0.3 is 20.7 Å². The van der Waals surface area contributed by atoms with Crippen molar-refractivity contribution in [2.75, 3.05) is 10.6 Å². The molecule has 1 aliphatic rings. The summed E-state index contributed by atoms with van der Waals surface area (Å²) in [6, 6.07) is 24.6. The highest BCUT2D eigenvalue weighted by molar-refractivity contribution is 6.16. The zero-order valence-electron chi connectivity index (χ0n) is 18.5. The van der Waals surface area contributed by atoms with E-state index in [9.17, 15) is 22.8 Å². The summed E-state index contributed by atoms with van der Waals surface area (Å²) in [7, 11) is 0. The van der Waals surface area contributed by atoms with Gasteiger partial charge in [-0.3, -0.25) is 9.59 Å². The average Bonchev–Trinajstić information content (AvgIpc) is 2.99. The normalized spacial score (nSPS) is 13.4. The van der Waals surface area contributed by atoms with Crippen molar-refractivity contribution in [2.45, 2.75) is 6.36 Å². The first-order valence-electron chi connectivity index (χ1n) is 10.8. The lowest BCUT2D eigenvalue weighted by atomic mass is 10.1. The predicted octanol–water partition coefficient (Wildman–Crippen LogP) is 5.90. The van der Waals surface area contributed by atoms with Crippen LogP contribution in [0.1, 0.15) is 15.9 Å². The lowest BCUT2D eigenvalue weighted by Crippen LogP contribution is -2.31. The van der Waals surface area contributed by atoms with E-state index in [1.165, 1.54) is 12.1 Å². The molecule has 0 radical (unpaired) electrons. The van der Waals surface area contributed by atoms with E-state index in [-0.39, 0.29) is 11.4 Å². The lowest BCUT2D eigenvalue weighted by molar-refractivity contribution is -0.274. The second kappa shape index (κ2) is 9.10. The monoisotopic (exact) mass is 489 g/mol. The van der Waals surface area contributed by atoms with Gasteiger partial charge in [0.2, 0.25) is 0 Å². The molecule has 0 atom stereocenters. The third-order valence-electron chi connectivity index (χ3n) is 5.54. The zero-order chi connectivity index (χ0) is 25.3. The maximum Gasteiger partial charge on any atom is 0.573 e. The molecule has 36 heavy (non-hydrogen) atoms. The summed E-state index contributed by atoms with van der Waals surface area (Å²) in [6.45, 7) is 0. The van der Waals surface area contributed by atoms with Crippen molar-refractivity contribution >= 4 is 39.7 Å². The van der Waals surface area contributed by atoms with Crippen LogP contribution < -0.4 is 20.7 Å². The molecule has 5 rings (SSSR count). The number of carbonyl (C=O) groups excluding carboxylic acids is 2. The van der Waals surface area contributed by atoms with Gasteiger partial charge in [0, 0.05) is 11.1 Å². The van der Waals surface area contributed by atoms with Crippen molar-refractivity contribution < 1.29 is 27.5 Å². The third-order valence-corrected chi connectivity index (χ3v) is 5.54. The maximum absolute atomic E-state index is 13.2. The topological polar surface area (TPSA) is 79.5 Å². The molecule has 9 heteroatoms. The minimum Gasteiger partial charge on any atom is -0.406 e. The molecule has 6 nitrogen and oxygen atoms in total. The van der Waals surface area contributed by atoms with Gasteiger partial charge in [-0.15, -0.1) is 13.2 Å². The van der Waals surface area contributed by atoms with Crippen LogP contribution in [0.3, 0.4) is 0 Å². The molecule has 0 spiro atoms. The van der Waals surface area contributed by atoms with Crippen LogP contribution in [0.4, 0.5) is 24.5 Å². The van der Waals surface area contributed by atoms with Crippen molar-refractivity contribution in [3.8, 4) is 5.75 Å². The summed E-state index contributed by atoms with van der Waals surface area (Å²) in [6.07, 6.45) is -4.83. The van der Waals surface area contributed by atoms with E-state index in [1.54, 1.807) is 42.5 Å². The number of rotatable bonds is 4. The Kier molecular flexibility index (Phi) is 5.81. The van der Waals surface area contributed by atoms with Crippen molar-refractivity contribution in [3.05, 3.63) is 108 Å². The van der Waals surface area contributed by atoms with Crippen molar-refractivity contribution in [1.29, 1.82) is 0 Å². The van der Waals surface area contributed by atoms with E-state index in [4.69, 9.17) is 0 Å². The largest absolute Gasteiger partial charge is 0.573 e. The van der Waals surface area contributed by atoms with Crippen LogP contribution in [0, 0.1) is 0 Å². The zero-order valence-corrected chi connectivity index (χ0v) is 18.5. The predicted molar refractivity (Wildman–Crippen MR) is 130 cm³/mol. The van der Waals surface area contributed by atoms with E-state index in [1.807, 2.05) is 24.3 Å². The number of nitrogens with one attached hydrogen (secondary N) is 3. The summed E-state index contributed by atoms with van der Waals surface area (Å²) in [5, 5.41) is 10.4. The molecule has 0 fully saturated rings. The third kappa shape index (κ3) is 4.85. The number of ether oxygens (including phenoxy) is 1. The summed E-state index contributed by atoms with van der Waals surface area (Å²) in [5.41, 5.74) is 1.85. The van der Waals surface area contributed by atoms with Gasteiger partial charge in [-0.1, -0.05) is 42.5 Å². The Morgan fingerprint density at radius 1 is 0.778 bits per heavy atom. The van der Waals surface area contributed by atoms with Crippen molar-refractivity contribution in [1.82, 2.24) is 5.32 Å². The molecule has 1 heterocycles. The van der Waals surface area contributed by atoms with Crippen molar-refractivity contribution in [3.63, 3.8) is 0 Å². The first-order chi connectivity index (χ1) is 17.3. The van der Waals surface area contributed by atoms with E-state index in [0.717, 1.165) is 22.9 Å². The van der Waals surface area contributed by atoms with E-state index < -0.39 is 23.9 Å². The molecule has 0 aliphatic carbocycles. The Balaban J connectivity index is 1.54. The maximum atomic E-state index is 13.2. The summed E-state index contributed by atoms with van der Waals surface area (Å²) < 4.78 is 41.7. The van der Waals surface area contributed by atoms with E-state index >= 15 is 0 Å². The molecule has 4 aromatic carbocycles. The highest BCUT2D eigenvalue weighted by Gasteiger charge is 2.31. The molecule has 0 saturated heterocycles. The van der Waals surface area contributed by atoms with Crippen LogP contribution >= 0.6 is 0 Å². The van der Waals surface area contributed by atoms with Gasteiger partial charge in [0.15, 0.2) is 0 Å². The highest BCUT2D eigenvalue weighted by atomic mass is 19.4. The van der Waals surface area contributed by atoms with Crippen LogP contribution in [-0.4, -0.2) is 18.2 Å². The molecule has 4 aromatic rings. The second-order valence-corrected chi connectivity index (χ2v) is 7.96. The molecule has 2 amide bonds. The second-order valence-electron chi connectivity index (χ2n) is 7.96. The molecule has 0 saturated carbocycles. The molecule has 0 bridgehead atoms. The number of anilines is 2. The number of halogens is 3. The first-order valence-corrected chi connectivity index (χ1v) is 10.8. The number of carbonyl (C=O) groups is 2. The molecular weight excluding hydrogens is 471 g/mol. The average molecular weight is 489 g/mol. The van der Waals surface area contributed by atoms with Gasteiger partial charge in [-0.2, -0.15) is 0 Å². The van der Waals surface area contributed by atoms with Crippen LogP contribution in [0.15, 0.2) is 96.7 Å². The fraction of sp³-hybridized carbons (Fsp3) is 0.0370.